The van der Waals surface area contributed by atoms with Crippen molar-refractivity contribution in [3.8, 4) is 5.75 Å². The predicted molar refractivity (Wildman–Crippen MR) is 78.1 cm³/mol. The Morgan fingerprint density at radius 1 is 1.35 bits per heavy atom. The summed E-state index contributed by atoms with van der Waals surface area (Å²) in [5.74, 6) is 1.45. The fraction of sp³-hybridized carbons (Fsp3) is 0.429. The summed E-state index contributed by atoms with van der Waals surface area (Å²) in [4.78, 5) is 14.4. The van der Waals surface area contributed by atoms with E-state index < -0.39 is 0 Å². The molecule has 0 spiro atoms. The van der Waals surface area contributed by atoms with Crippen LogP contribution in [0.3, 0.4) is 0 Å². The molecule has 1 aromatic carbocycles. The topological polar surface area (TPSA) is 71.9 Å². The second-order valence-electron chi connectivity index (χ2n) is 4.54. The van der Waals surface area contributed by atoms with Gasteiger partial charge in [0.2, 0.25) is 0 Å². The number of H-pyrrole nitrogens is 1. The molecule has 0 fully saturated rings. The first-order chi connectivity index (χ1) is 9.72. The van der Waals surface area contributed by atoms with Crippen LogP contribution >= 0.6 is 0 Å². The van der Waals surface area contributed by atoms with Gasteiger partial charge >= 0.3 is 5.69 Å². The lowest BCUT2D eigenvalue weighted by Crippen LogP contribution is -2.17. The predicted octanol–water partition coefficient (Wildman–Crippen LogP) is 1.99. The molecule has 0 aliphatic carbocycles. The number of ether oxygens (including phenoxy) is 1. The third kappa shape index (κ3) is 3.63. The van der Waals surface area contributed by atoms with Crippen molar-refractivity contribution in [1.29, 1.82) is 0 Å². The Kier molecular flexibility index (Phi) is 4.81. The van der Waals surface area contributed by atoms with E-state index in [0.717, 1.165) is 24.3 Å². The summed E-state index contributed by atoms with van der Waals surface area (Å²) in [6.45, 7) is 3.24. The van der Waals surface area contributed by atoms with Crippen LogP contribution < -0.4 is 15.7 Å². The maximum Gasteiger partial charge on any atom is 0.343 e. The van der Waals surface area contributed by atoms with E-state index in [4.69, 9.17) is 4.74 Å². The standard InChI is InChI=1S/C14H20N4O2/c1-3-4-9-18-14(19)16-13(17-18)10-15-11-5-7-12(20-2)8-6-11/h5-8,15H,3-4,9-10H2,1-2H3,(H,16,17,19). The smallest absolute Gasteiger partial charge is 0.343 e. The van der Waals surface area contributed by atoms with Gasteiger partial charge in [0.15, 0.2) is 0 Å². The average Bonchev–Trinajstić information content (AvgIpc) is 2.84. The van der Waals surface area contributed by atoms with Gasteiger partial charge in [0.05, 0.1) is 13.7 Å². The number of nitrogens with zero attached hydrogens (tertiary/aromatic N) is 2. The van der Waals surface area contributed by atoms with E-state index >= 15 is 0 Å². The lowest BCUT2D eigenvalue weighted by molar-refractivity contribution is 0.415. The monoisotopic (exact) mass is 276 g/mol. The Bertz CT molecular complexity index is 586. The largest absolute Gasteiger partial charge is 0.497 e. The Morgan fingerprint density at radius 3 is 2.75 bits per heavy atom. The Hall–Kier alpha value is -2.24. The minimum Gasteiger partial charge on any atom is -0.497 e. The summed E-state index contributed by atoms with van der Waals surface area (Å²) in [7, 11) is 1.64. The molecule has 0 radical (unpaired) electrons. The molecule has 108 valence electrons. The van der Waals surface area contributed by atoms with Crippen molar-refractivity contribution >= 4 is 5.69 Å². The van der Waals surface area contributed by atoms with Crippen molar-refractivity contribution < 1.29 is 4.74 Å². The molecule has 0 atom stereocenters. The number of hydrogen-bond acceptors (Lipinski definition) is 4. The molecule has 20 heavy (non-hydrogen) atoms. The number of hydrogen-bond donors (Lipinski definition) is 2. The number of rotatable bonds is 7. The van der Waals surface area contributed by atoms with Gasteiger partial charge in [0.1, 0.15) is 11.6 Å². The van der Waals surface area contributed by atoms with Gasteiger partial charge in [-0.3, -0.25) is 4.98 Å². The highest BCUT2D eigenvalue weighted by molar-refractivity contribution is 5.46. The third-order valence-corrected chi connectivity index (χ3v) is 3.00. The average molecular weight is 276 g/mol. The Morgan fingerprint density at radius 2 is 2.10 bits per heavy atom. The van der Waals surface area contributed by atoms with Gasteiger partial charge in [-0.1, -0.05) is 13.3 Å². The number of aromatic nitrogens is 3. The van der Waals surface area contributed by atoms with Crippen LogP contribution in [0.25, 0.3) is 0 Å². The van der Waals surface area contributed by atoms with E-state index in [2.05, 4.69) is 22.3 Å². The molecular formula is C14H20N4O2. The van der Waals surface area contributed by atoms with Crippen molar-refractivity contribution in [2.24, 2.45) is 0 Å². The number of benzene rings is 1. The summed E-state index contributed by atoms with van der Waals surface area (Å²) in [6.07, 6.45) is 1.99. The highest BCUT2D eigenvalue weighted by Gasteiger charge is 2.04. The fourth-order valence-corrected chi connectivity index (χ4v) is 1.84. The molecule has 0 unspecified atom stereocenters. The quantitative estimate of drug-likeness (QED) is 0.811. The second kappa shape index (κ2) is 6.79. The molecule has 2 rings (SSSR count). The molecule has 2 N–H and O–H groups in total. The van der Waals surface area contributed by atoms with Gasteiger partial charge in [-0.05, 0) is 30.7 Å². The highest BCUT2D eigenvalue weighted by Crippen LogP contribution is 2.15. The zero-order chi connectivity index (χ0) is 14.4. The zero-order valence-electron chi connectivity index (χ0n) is 11.8. The number of aromatic amines is 1. The summed E-state index contributed by atoms with van der Waals surface area (Å²) in [5.41, 5.74) is 0.805. The molecular weight excluding hydrogens is 256 g/mol. The van der Waals surface area contributed by atoms with Crippen molar-refractivity contribution in [2.45, 2.75) is 32.9 Å². The number of unbranched alkanes of at least 4 members (excludes halogenated alkanes) is 1. The maximum atomic E-state index is 11.6. The normalized spacial score (nSPS) is 10.5. The minimum absolute atomic E-state index is 0.148. The van der Waals surface area contributed by atoms with Crippen LogP contribution in [0, 0.1) is 0 Å². The van der Waals surface area contributed by atoms with Gasteiger partial charge in [-0.25, -0.2) is 9.48 Å². The van der Waals surface area contributed by atoms with Crippen LogP contribution in [-0.2, 0) is 13.1 Å². The zero-order valence-corrected chi connectivity index (χ0v) is 11.8. The van der Waals surface area contributed by atoms with Crippen LogP contribution in [0.4, 0.5) is 5.69 Å². The second-order valence-corrected chi connectivity index (χ2v) is 4.54. The molecule has 0 aliphatic rings. The van der Waals surface area contributed by atoms with Gasteiger partial charge in [-0.2, -0.15) is 5.10 Å². The summed E-state index contributed by atoms with van der Waals surface area (Å²) >= 11 is 0. The molecule has 0 amide bonds. The lowest BCUT2D eigenvalue weighted by atomic mass is 10.3. The van der Waals surface area contributed by atoms with Crippen LogP contribution in [-0.4, -0.2) is 21.9 Å². The van der Waals surface area contributed by atoms with E-state index in [-0.39, 0.29) is 5.69 Å². The van der Waals surface area contributed by atoms with E-state index in [1.807, 2.05) is 24.3 Å². The van der Waals surface area contributed by atoms with Crippen LogP contribution in [0.1, 0.15) is 25.6 Å². The summed E-state index contributed by atoms with van der Waals surface area (Å²) < 4.78 is 6.58. The Balaban J connectivity index is 1.94. The van der Waals surface area contributed by atoms with Crippen molar-refractivity contribution in [2.75, 3.05) is 12.4 Å². The van der Waals surface area contributed by atoms with Crippen molar-refractivity contribution in [3.05, 3.63) is 40.6 Å². The molecule has 0 aliphatic heterocycles. The lowest BCUT2D eigenvalue weighted by Gasteiger charge is -2.05. The van der Waals surface area contributed by atoms with E-state index in [9.17, 15) is 4.79 Å². The molecule has 0 bridgehead atoms. The minimum atomic E-state index is -0.148. The van der Waals surface area contributed by atoms with Gasteiger partial charge in [0, 0.05) is 12.2 Å². The first-order valence-electron chi connectivity index (χ1n) is 6.77. The molecule has 6 heteroatoms. The first kappa shape index (κ1) is 14.2. The molecule has 1 aromatic heterocycles. The first-order valence-corrected chi connectivity index (χ1v) is 6.77. The summed E-state index contributed by atoms with van der Waals surface area (Å²) in [6, 6.07) is 7.60. The molecule has 0 saturated heterocycles. The number of nitrogens with one attached hydrogen (secondary N) is 2. The Labute approximate surface area is 117 Å². The molecule has 1 heterocycles. The van der Waals surface area contributed by atoms with Crippen molar-refractivity contribution in [3.63, 3.8) is 0 Å². The SMILES string of the molecule is CCCCn1nc(CNc2ccc(OC)cc2)[nH]c1=O. The molecule has 0 saturated carbocycles. The third-order valence-electron chi connectivity index (χ3n) is 3.00. The fourth-order valence-electron chi connectivity index (χ4n) is 1.84. The number of anilines is 1. The summed E-state index contributed by atoms with van der Waals surface area (Å²) in [5, 5.41) is 7.46. The van der Waals surface area contributed by atoms with Crippen LogP contribution in [0.15, 0.2) is 29.1 Å². The maximum absolute atomic E-state index is 11.6. The number of methoxy groups -OCH3 is 1. The van der Waals surface area contributed by atoms with Gasteiger partial charge in [0.25, 0.3) is 0 Å². The van der Waals surface area contributed by atoms with E-state index in [1.54, 1.807) is 7.11 Å². The molecule has 2 aromatic rings. The van der Waals surface area contributed by atoms with Crippen LogP contribution in [0.5, 0.6) is 5.75 Å². The van der Waals surface area contributed by atoms with Crippen molar-refractivity contribution in [1.82, 2.24) is 14.8 Å². The van der Waals surface area contributed by atoms with Crippen LogP contribution in [0.2, 0.25) is 0 Å². The van der Waals surface area contributed by atoms with E-state index in [0.29, 0.717) is 18.9 Å². The molecule has 6 nitrogen and oxygen atoms in total. The number of aryl methyl sites for hydroxylation is 1. The van der Waals surface area contributed by atoms with Gasteiger partial charge < -0.3 is 10.1 Å². The highest BCUT2D eigenvalue weighted by atomic mass is 16.5. The van der Waals surface area contributed by atoms with E-state index in [1.165, 1.54) is 4.68 Å². The van der Waals surface area contributed by atoms with Gasteiger partial charge in [-0.15, -0.1) is 0 Å².